The molecule has 1 aliphatic heterocycles. The number of benzene rings is 1. The van der Waals surface area contributed by atoms with E-state index >= 15 is 0 Å². The van der Waals surface area contributed by atoms with E-state index in [0.29, 0.717) is 34.8 Å². The lowest BCUT2D eigenvalue weighted by atomic mass is 10.2. The van der Waals surface area contributed by atoms with Crippen molar-refractivity contribution in [3.8, 4) is 11.5 Å². The van der Waals surface area contributed by atoms with Crippen LogP contribution in [0.1, 0.15) is 6.92 Å². The van der Waals surface area contributed by atoms with Crippen LogP contribution < -0.4 is 20.1 Å². The third-order valence-corrected chi connectivity index (χ3v) is 4.03. The molecule has 8 heteroatoms. The number of amides is 1. The van der Waals surface area contributed by atoms with Crippen molar-refractivity contribution in [1.29, 1.82) is 0 Å². The molecule has 0 unspecified atom stereocenters. The maximum absolute atomic E-state index is 12.3. The van der Waals surface area contributed by atoms with Crippen molar-refractivity contribution < 1.29 is 14.3 Å². The topological polar surface area (TPSA) is 62.8 Å². The zero-order chi connectivity index (χ0) is 16.1. The van der Waals surface area contributed by atoms with Crippen LogP contribution in [-0.4, -0.2) is 57.2 Å². The Bertz CT molecular complexity index is 543. The molecule has 1 fully saturated rings. The zero-order valence-electron chi connectivity index (χ0n) is 13.5. The van der Waals surface area contributed by atoms with Crippen molar-refractivity contribution >= 4 is 35.6 Å². The van der Waals surface area contributed by atoms with E-state index in [9.17, 15) is 4.79 Å². The number of hydrogen-bond acceptors (Lipinski definition) is 5. The smallest absolute Gasteiger partial charge is 0.238 e. The van der Waals surface area contributed by atoms with Crippen molar-refractivity contribution in [2.24, 2.45) is 0 Å². The highest BCUT2D eigenvalue weighted by atomic mass is 35.5. The van der Waals surface area contributed by atoms with Crippen LogP contribution in [0.4, 0.5) is 5.69 Å². The SMILES string of the molecule is COc1cc(OC)c(NC(=O)CN2CCNC[C@@H]2C)cc1Cl.Cl. The highest BCUT2D eigenvalue weighted by Crippen LogP contribution is 2.35. The second kappa shape index (κ2) is 9.17. The Labute approximate surface area is 147 Å². The average molecular weight is 364 g/mol. The number of ether oxygens (including phenoxy) is 2. The summed E-state index contributed by atoms with van der Waals surface area (Å²) in [5, 5.41) is 6.58. The van der Waals surface area contributed by atoms with E-state index in [1.165, 1.54) is 14.2 Å². The lowest BCUT2D eigenvalue weighted by Gasteiger charge is -2.33. The van der Waals surface area contributed by atoms with E-state index in [1.54, 1.807) is 12.1 Å². The summed E-state index contributed by atoms with van der Waals surface area (Å²) in [5.41, 5.74) is 0.543. The van der Waals surface area contributed by atoms with Crippen molar-refractivity contribution in [3.63, 3.8) is 0 Å². The van der Waals surface area contributed by atoms with Crippen LogP contribution in [-0.2, 0) is 4.79 Å². The lowest BCUT2D eigenvalue weighted by Crippen LogP contribution is -2.51. The number of hydrogen-bond donors (Lipinski definition) is 2. The molecule has 6 nitrogen and oxygen atoms in total. The molecule has 0 radical (unpaired) electrons. The summed E-state index contributed by atoms with van der Waals surface area (Å²) < 4.78 is 10.4. The summed E-state index contributed by atoms with van der Waals surface area (Å²) in [5.74, 6) is 0.934. The summed E-state index contributed by atoms with van der Waals surface area (Å²) in [7, 11) is 3.07. The van der Waals surface area contributed by atoms with E-state index in [2.05, 4.69) is 22.5 Å². The van der Waals surface area contributed by atoms with Gasteiger partial charge in [0.25, 0.3) is 0 Å². The van der Waals surface area contributed by atoms with Crippen molar-refractivity contribution in [2.75, 3.05) is 45.7 Å². The molecule has 1 aliphatic rings. The van der Waals surface area contributed by atoms with Gasteiger partial charge in [-0.2, -0.15) is 0 Å². The second-order valence-electron chi connectivity index (χ2n) is 5.26. The molecule has 1 aromatic carbocycles. The molecule has 0 spiro atoms. The Kier molecular flexibility index (Phi) is 7.91. The van der Waals surface area contributed by atoms with Crippen LogP contribution in [0.3, 0.4) is 0 Å². The summed E-state index contributed by atoms with van der Waals surface area (Å²) in [6, 6.07) is 3.63. The largest absolute Gasteiger partial charge is 0.495 e. The summed E-state index contributed by atoms with van der Waals surface area (Å²) in [6.07, 6.45) is 0. The van der Waals surface area contributed by atoms with Gasteiger partial charge in [0.15, 0.2) is 0 Å². The Morgan fingerprint density at radius 1 is 1.39 bits per heavy atom. The molecular weight excluding hydrogens is 341 g/mol. The van der Waals surface area contributed by atoms with Crippen LogP contribution in [0.25, 0.3) is 0 Å². The van der Waals surface area contributed by atoms with Crippen molar-refractivity contribution in [1.82, 2.24) is 10.2 Å². The van der Waals surface area contributed by atoms with Gasteiger partial charge in [-0.25, -0.2) is 0 Å². The number of methoxy groups -OCH3 is 2. The molecule has 130 valence electrons. The number of carbonyl (C=O) groups excluding carboxylic acids is 1. The molecule has 0 saturated carbocycles. The predicted molar refractivity (Wildman–Crippen MR) is 94.3 cm³/mol. The molecule has 1 amide bonds. The van der Waals surface area contributed by atoms with Gasteiger partial charge < -0.3 is 20.1 Å². The monoisotopic (exact) mass is 363 g/mol. The Morgan fingerprint density at radius 2 is 2.09 bits per heavy atom. The summed E-state index contributed by atoms with van der Waals surface area (Å²) >= 11 is 6.11. The minimum Gasteiger partial charge on any atom is -0.495 e. The number of nitrogens with zero attached hydrogens (tertiary/aromatic N) is 1. The van der Waals surface area contributed by atoms with Crippen LogP contribution in [0.2, 0.25) is 5.02 Å². The Morgan fingerprint density at radius 3 is 2.70 bits per heavy atom. The van der Waals surface area contributed by atoms with Crippen molar-refractivity contribution in [2.45, 2.75) is 13.0 Å². The highest BCUT2D eigenvalue weighted by Gasteiger charge is 2.21. The van der Waals surface area contributed by atoms with Gasteiger partial charge in [-0.1, -0.05) is 11.6 Å². The first-order valence-electron chi connectivity index (χ1n) is 7.21. The van der Waals surface area contributed by atoms with Gasteiger partial charge in [0.2, 0.25) is 5.91 Å². The standard InChI is InChI=1S/C15H22ClN3O3.ClH/c1-10-8-17-4-5-19(10)9-15(20)18-12-6-11(16)13(21-2)7-14(12)22-3;/h6-7,10,17H,4-5,8-9H2,1-3H3,(H,18,20);1H/t10-;/m0./s1. The molecule has 2 N–H and O–H groups in total. The first kappa shape index (κ1) is 19.8. The molecule has 1 atom stereocenters. The van der Waals surface area contributed by atoms with Gasteiger partial charge >= 0.3 is 0 Å². The average Bonchev–Trinajstić information content (AvgIpc) is 2.50. The molecular formula is C15H23Cl2N3O3. The first-order valence-corrected chi connectivity index (χ1v) is 7.59. The second-order valence-corrected chi connectivity index (χ2v) is 5.67. The van der Waals surface area contributed by atoms with E-state index < -0.39 is 0 Å². The third-order valence-electron chi connectivity index (χ3n) is 3.73. The fraction of sp³-hybridized carbons (Fsp3) is 0.533. The summed E-state index contributed by atoms with van der Waals surface area (Å²) in [4.78, 5) is 14.4. The fourth-order valence-corrected chi connectivity index (χ4v) is 2.69. The highest BCUT2D eigenvalue weighted by molar-refractivity contribution is 6.32. The Balaban J connectivity index is 0.00000264. The molecule has 23 heavy (non-hydrogen) atoms. The molecule has 0 bridgehead atoms. The van der Waals surface area contributed by atoms with Gasteiger partial charge in [0.1, 0.15) is 11.5 Å². The lowest BCUT2D eigenvalue weighted by molar-refractivity contribution is -0.118. The minimum absolute atomic E-state index is 0. The predicted octanol–water partition coefficient (Wildman–Crippen LogP) is 2.01. The van der Waals surface area contributed by atoms with Crippen LogP contribution in [0.15, 0.2) is 12.1 Å². The fourth-order valence-electron chi connectivity index (χ4n) is 2.45. The Hall–Kier alpha value is -1.21. The molecule has 0 aromatic heterocycles. The quantitative estimate of drug-likeness (QED) is 0.837. The number of anilines is 1. The van der Waals surface area contributed by atoms with Crippen LogP contribution in [0.5, 0.6) is 11.5 Å². The minimum atomic E-state index is -0.0896. The molecule has 0 aliphatic carbocycles. The number of nitrogens with one attached hydrogen (secondary N) is 2. The van der Waals surface area contributed by atoms with Crippen LogP contribution in [0, 0.1) is 0 Å². The summed E-state index contributed by atoms with van der Waals surface area (Å²) in [6.45, 7) is 5.09. The normalized spacial score (nSPS) is 18.0. The molecule has 2 rings (SSSR count). The third kappa shape index (κ3) is 5.14. The van der Waals surface area contributed by atoms with Gasteiger partial charge in [-0.15, -0.1) is 12.4 Å². The number of carbonyl (C=O) groups is 1. The van der Waals surface area contributed by atoms with E-state index in [0.717, 1.165) is 19.6 Å². The van der Waals surface area contributed by atoms with Gasteiger partial charge in [0.05, 0.1) is 31.5 Å². The number of rotatable bonds is 5. The maximum atomic E-state index is 12.3. The van der Waals surface area contributed by atoms with Crippen LogP contribution >= 0.6 is 24.0 Å². The van der Waals surface area contributed by atoms with Gasteiger partial charge in [0, 0.05) is 31.7 Å². The zero-order valence-corrected chi connectivity index (χ0v) is 15.1. The maximum Gasteiger partial charge on any atom is 0.238 e. The van der Waals surface area contributed by atoms with Crippen molar-refractivity contribution in [3.05, 3.63) is 17.2 Å². The van der Waals surface area contributed by atoms with E-state index in [4.69, 9.17) is 21.1 Å². The van der Waals surface area contributed by atoms with E-state index in [-0.39, 0.29) is 18.3 Å². The first-order chi connectivity index (χ1) is 10.5. The molecule has 1 aromatic rings. The van der Waals surface area contributed by atoms with E-state index in [1.807, 2.05) is 0 Å². The molecule has 1 heterocycles. The van der Waals surface area contributed by atoms with Gasteiger partial charge in [-0.3, -0.25) is 9.69 Å². The molecule has 1 saturated heterocycles. The number of halogens is 2. The number of piperazine rings is 1. The van der Waals surface area contributed by atoms with Gasteiger partial charge in [-0.05, 0) is 13.0 Å².